The van der Waals surface area contributed by atoms with Crippen molar-refractivity contribution in [1.29, 1.82) is 5.26 Å². The predicted molar refractivity (Wildman–Crippen MR) is 92.9 cm³/mol. The minimum atomic E-state index is -3.01. The average Bonchev–Trinajstić information content (AvgIpc) is 2.51. The van der Waals surface area contributed by atoms with E-state index < -0.39 is 15.7 Å². The van der Waals surface area contributed by atoms with E-state index in [0.29, 0.717) is 24.5 Å². The number of guanidine groups is 1. The Hall–Kier alpha value is -2.14. The van der Waals surface area contributed by atoms with E-state index in [2.05, 4.69) is 15.6 Å². The fourth-order valence-corrected chi connectivity index (χ4v) is 2.71. The van der Waals surface area contributed by atoms with Crippen LogP contribution in [0.15, 0.2) is 23.2 Å². The lowest BCUT2D eigenvalue weighted by Crippen LogP contribution is -2.42. The molecule has 0 bridgehead atoms. The highest BCUT2D eigenvalue weighted by Crippen LogP contribution is 2.11. The molecule has 0 saturated heterocycles. The van der Waals surface area contributed by atoms with Crippen molar-refractivity contribution in [2.45, 2.75) is 32.9 Å². The molecule has 24 heavy (non-hydrogen) atoms. The van der Waals surface area contributed by atoms with Crippen molar-refractivity contribution in [3.05, 3.63) is 35.1 Å². The van der Waals surface area contributed by atoms with Crippen LogP contribution in [0.25, 0.3) is 0 Å². The summed E-state index contributed by atoms with van der Waals surface area (Å²) in [6.45, 7) is 4.51. The van der Waals surface area contributed by atoms with Gasteiger partial charge in [-0.2, -0.15) is 5.26 Å². The number of aliphatic imine (C=N–C) groups is 1. The van der Waals surface area contributed by atoms with Gasteiger partial charge in [0, 0.05) is 24.4 Å². The second kappa shape index (κ2) is 9.23. The molecule has 0 saturated carbocycles. The molecule has 2 N–H and O–H groups in total. The zero-order chi connectivity index (χ0) is 18.2. The minimum Gasteiger partial charge on any atom is -0.357 e. The molecule has 0 aliphatic heterocycles. The fourth-order valence-electron chi connectivity index (χ4n) is 1.93. The molecule has 0 aliphatic carbocycles. The Morgan fingerprint density at radius 2 is 2.17 bits per heavy atom. The van der Waals surface area contributed by atoms with E-state index in [4.69, 9.17) is 5.26 Å². The Bertz CT molecular complexity index is 726. The summed E-state index contributed by atoms with van der Waals surface area (Å²) in [5, 5.41) is 14.9. The van der Waals surface area contributed by atoms with Crippen molar-refractivity contribution in [2.24, 2.45) is 4.99 Å². The van der Waals surface area contributed by atoms with Crippen molar-refractivity contribution in [3.63, 3.8) is 0 Å². The van der Waals surface area contributed by atoms with E-state index in [1.807, 2.05) is 19.9 Å². The van der Waals surface area contributed by atoms with Crippen LogP contribution in [-0.2, 0) is 16.4 Å². The first-order valence-corrected chi connectivity index (χ1v) is 9.72. The Morgan fingerprint density at radius 3 is 2.71 bits per heavy atom. The monoisotopic (exact) mass is 354 g/mol. The van der Waals surface area contributed by atoms with Crippen LogP contribution in [-0.4, -0.2) is 39.0 Å². The zero-order valence-corrected chi connectivity index (χ0v) is 15.0. The molecule has 0 heterocycles. The van der Waals surface area contributed by atoms with E-state index in [-0.39, 0.29) is 23.9 Å². The van der Waals surface area contributed by atoms with Gasteiger partial charge in [0.25, 0.3) is 0 Å². The Morgan fingerprint density at radius 1 is 1.46 bits per heavy atom. The molecular formula is C16H23FN4O2S. The molecule has 0 aliphatic rings. The van der Waals surface area contributed by atoms with Gasteiger partial charge >= 0.3 is 0 Å². The molecule has 1 aromatic carbocycles. The molecular weight excluding hydrogens is 331 g/mol. The first kappa shape index (κ1) is 19.9. The van der Waals surface area contributed by atoms with Gasteiger partial charge in [0.1, 0.15) is 15.7 Å². The third kappa shape index (κ3) is 7.42. The first-order chi connectivity index (χ1) is 11.2. The first-order valence-electron chi connectivity index (χ1n) is 7.66. The molecule has 1 aromatic rings. The van der Waals surface area contributed by atoms with Crippen LogP contribution in [0.5, 0.6) is 0 Å². The zero-order valence-electron chi connectivity index (χ0n) is 14.1. The smallest absolute Gasteiger partial charge is 0.191 e. The third-order valence-electron chi connectivity index (χ3n) is 3.24. The molecule has 0 spiro atoms. The van der Waals surface area contributed by atoms with Gasteiger partial charge in [-0.25, -0.2) is 17.8 Å². The van der Waals surface area contributed by atoms with Gasteiger partial charge in [0.05, 0.1) is 23.9 Å². The number of nitriles is 1. The fraction of sp³-hybridized carbons (Fsp3) is 0.500. The van der Waals surface area contributed by atoms with Gasteiger partial charge in [-0.05, 0) is 32.4 Å². The quantitative estimate of drug-likeness (QED) is 0.573. The molecule has 1 rings (SSSR count). The summed E-state index contributed by atoms with van der Waals surface area (Å²) in [6, 6.07) is 6.05. The normalized spacial score (nSPS) is 13.2. The number of hydrogen-bond donors (Lipinski definition) is 2. The van der Waals surface area contributed by atoms with Crippen molar-refractivity contribution in [1.82, 2.24) is 10.6 Å². The van der Waals surface area contributed by atoms with Crippen molar-refractivity contribution in [2.75, 3.05) is 18.6 Å². The van der Waals surface area contributed by atoms with Gasteiger partial charge < -0.3 is 10.6 Å². The molecule has 0 radical (unpaired) electrons. The highest BCUT2D eigenvalue weighted by Gasteiger charge is 2.10. The van der Waals surface area contributed by atoms with Gasteiger partial charge in [0.2, 0.25) is 0 Å². The summed E-state index contributed by atoms with van der Waals surface area (Å²) < 4.78 is 36.3. The van der Waals surface area contributed by atoms with Crippen molar-refractivity contribution >= 4 is 15.8 Å². The summed E-state index contributed by atoms with van der Waals surface area (Å²) in [5.41, 5.74) is 0.648. The van der Waals surface area contributed by atoms with Gasteiger partial charge in [0.15, 0.2) is 5.96 Å². The molecule has 0 fully saturated rings. The van der Waals surface area contributed by atoms with E-state index >= 15 is 0 Å². The molecule has 8 heteroatoms. The summed E-state index contributed by atoms with van der Waals surface area (Å²) in [7, 11) is -3.01. The van der Waals surface area contributed by atoms with E-state index in [9.17, 15) is 12.8 Å². The SMILES string of the molecule is CCNC(=NCc1ccc(C#N)cc1F)NC(C)CCS(C)(=O)=O. The number of nitrogens with one attached hydrogen (secondary N) is 2. The summed E-state index contributed by atoms with van der Waals surface area (Å²) in [4.78, 5) is 4.31. The maximum atomic E-state index is 13.9. The number of rotatable bonds is 7. The second-order valence-electron chi connectivity index (χ2n) is 5.58. The van der Waals surface area contributed by atoms with Crippen LogP contribution in [0.3, 0.4) is 0 Å². The molecule has 6 nitrogen and oxygen atoms in total. The molecule has 0 amide bonds. The topological polar surface area (TPSA) is 94.3 Å². The molecule has 132 valence electrons. The number of hydrogen-bond acceptors (Lipinski definition) is 4. The Balaban J connectivity index is 2.73. The van der Waals surface area contributed by atoms with Crippen LogP contribution >= 0.6 is 0 Å². The lowest BCUT2D eigenvalue weighted by molar-refractivity contribution is 0.580. The number of nitrogens with zero attached hydrogens (tertiary/aromatic N) is 2. The van der Waals surface area contributed by atoms with Crippen LogP contribution in [0.2, 0.25) is 0 Å². The van der Waals surface area contributed by atoms with Gasteiger partial charge in [-0.3, -0.25) is 0 Å². The van der Waals surface area contributed by atoms with E-state index in [0.717, 1.165) is 0 Å². The van der Waals surface area contributed by atoms with Crippen molar-refractivity contribution in [3.8, 4) is 6.07 Å². The lowest BCUT2D eigenvalue weighted by Gasteiger charge is -2.17. The molecule has 1 unspecified atom stereocenters. The predicted octanol–water partition coefficient (Wildman–Crippen LogP) is 1.58. The van der Waals surface area contributed by atoms with Crippen LogP contribution < -0.4 is 10.6 Å². The van der Waals surface area contributed by atoms with E-state index in [1.165, 1.54) is 18.4 Å². The van der Waals surface area contributed by atoms with Crippen molar-refractivity contribution < 1.29 is 12.8 Å². The average molecular weight is 354 g/mol. The number of halogens is 1. The Labute approximate surface area is 142 Å². The highest BCUT2D eigenvalue weighted by atomic mass is 32.2. The number of benzene rings is 1. The Kier molecular flexibility index (Phi) is 7.65. The third-order valence-corrected chi connectivity index (χ3v) is 4.22. The molecule has 0 aromatic heterocycles. The summed E-state index contributed by atoms with van der Waals surface area (Å²) >= 11 is 0. The summed E-state index contributed by atoms with van der Waals surface area (Å²) in [5.74, 6) is 0.103. The molecule has 1 atom stereocenters. The number of sulfone groups is 1. The van der Waals surface area contributed by atoms with Gasteiger partial charge in [-0.15, -0.1) is 0 Å². The van der Waals surface area contributed by atoms with E-state index in [1.54, 1.807) is 6.07 Å². The lowest BCUT2D eigenvalue weighted by atomic mass is 10.1. The van der Waals surface area contributed by atoms with Gasteiger partial charge in [-0.1, -0.05) is 6.07 Å². The van der Waals surface area contributed by atoms with Crippen LogP contribution in [0.1, 0.15) is 31.4 Å². The maximum absolute atomic E-state index is 13.9. The standard InChI is InChI=1S/C16H23FN4O2S/c1-4-19-16(21-12(2)7-8-24(3,22)23)20-11-14-6-5-13(10-18)9-15(14)17/h5-6,9,12H,4,7-8,11H2,1-3H3,(H2,19,20,21). The summed E-state index contributed by atoms with van der Waals surface area (Å²) in [6.07, 6.45) is 1.65. The van der Waals surface area contributed by atoms with Crippen LogP contribution in [0, 0.1) is 17.1 Å². The highest BCUT2D eigenvalue weighted by molar-refractivity contribution is 7.90. The largest absolute Gasteiger partial charge is 0.357 e. The minimum absolute atomic E-state index is 0.0881. The second-order valence-corrected chi connectivity index (χ2v) is 7.84. The van der Waals surface area contributed by atoms with Crippen LogP contribution in [0.4, 0.5) is 4.39 Å². The maximum Gasteiger partial charge on any atom is 0.191 e.